The summed E-state index contributed by atoms with van der Waals surface area (Å²) in [6.07, 6.45) is 1.91. The van der Waals surface area contributed by atoms with Crippen molar-refractivity contribution < 1.29 is 4.79 Å². The molecule has 0 spiro atoms. The van der Waals surface area contributed by atoms with Crippen molar-refractivity contribution >= 4 is 17.3 Å². The van der Waals surface area contributed by atoms with Gasteiger partial charge in [0.2, 0.25) is 5.91 Å². The molecule has 1 heterocycles. The van der Waals surface area contributed by atoms with E-state index in [1.165, 1.54) is 5.56 Å². The Morgan fingerprint density at radius 2 is 2.35 bits per heavy atom. The lowest BCUT2D eigenvalue weighted by Gasteiger charge is -2.15. The quantitative estimate of drug-likeness (QED) is 0.772. The summed E-state index contributed by atoms with van der Waals surface area (Å²) in [6.45, 7) is 4.02. The van der Waals surface area contributed by atoms with Gasteiger partial charge in [0.25, 0.3) is 0 Å². The van der Waals surface area contributed by atoms with Crippen molar-refractivity contribution in [3.63, 3.8) is 0 Å². The Morgan fingerprint density at radius 1 is 1.53 bits per heavy atom. The SMILES string of the molecule is CC(=O)N1CCc2cc(NCCCN)ccc21. The molecule has 1 aromatic rings. The summed E-state index contributed by atoms with van der Waals surface area (Å²) < 4.78 is 0. The van der Waals surface area contributed by atoms with Crippen LogP contribution in [-0.2, 0) is 11.2 Å². The zero-order valence-electron chi connectivity index (χ0n) is 10.2. The summed E-state index contributed by atoms with van der Waals surface area (Å²) in [4.78, 5) is 13.2. The first-order valence-electron chi connectivity index (χ1n) is 6.07. The van der Waals surface area contributed by atoms with Gasteiger partial charge in [-0.25, -0.2) is 0 Å². The fourth-order valence-corrected chi connectivity index (χ4v) is 2.17. The number of anilines is 2. The fraction of sp³-hybridized carbons (Fsp3) is 0.462. The molecule has 1 aliphatic heterocycles. The second-order valence-electron chi connectivity index (χ2n) is 4.33. The average Bonchev–Trinajstić information content (AvgIpc) is 2.72. The van der Waals surface area contributed by atoms with Gasteiger partial charge in [-0.15, -0.1) is 0 Å². The van der Waals surface area contributed by atoms with Crippen LogP contribution in [0.2, 0.25) is 0 Å². The van der Waals surface area contributed by atoms with Crippen molar-refractivity contribution in [3.05, 3.63) is 23.8 Å². The van der Waals surface area contributed by atoms with Crippen molar-refractivity contribution in [2.45, 2.75) is 19.8 Å². The number of nitrogens with two attached hydrogens (primary N) is 1. The van der Waals surface area contributed by atoms with Crippen molar-refractivity contribution in [1.29, 1.82) is 0 Å². The van der Waals surface area contributed by atoms with E-state index in [-0.39, 0.29) is 5.91 Å². The Labute approximate surface area is 102 Å². The number of nitrogens with one attached hydrogen (secondary N) is 1. The molecule has 1 aliphatic rings. The van der Waals surface area contributed by atoms with Gasteiger partial charge in [0.05, 0.1) is 0 Å². The zero-order valence-corrected chi connectivity index (χ0v) is 10.2. The van der Waals surface area contributed by atoms with Crippen LogP contribution in [0.15, 0.2) is 18.2 Å². The molecule has 0 bridgehead atoms. The van der Waals surface area contributed by atoms with Gasteiger partial charge in [-0.05, 0) is 43.1 Å². The Balaban J connectivity index is 2.08. The van der Waals surface area contributed by atoms with Crippen LogP contribution in [0.4, 0.5) is 11.4 Å². The molecule has 0 saturated heterocycles. The average molecular weight is 233 g/mol. The van der Waals surface area contributed by atoms with E-state index in [9.17, 15) is 4.79 Å². The van der Waals surface area contributed by atoms with Crippen LogP contribution in [-0.4, -0.2) is 25.5 Å². The van der Waals surface area contributed by atoms with Gasteiger partial charge in [-0.2, -0.15) is 0 Å². The maximum Gasteiger partial charge on any atom is 0.223 e. The van der Waals surface area contributed by atoms with Gasteiger partial charge in [0.1, 0.15) is 0 Å². The monoisotopic (exact) mass is 233 g/mol. The number of benzene rings is 1. The van der Waals surface area contributed by atoms with Crippen LogP contribution >= 0.6 is 0 Å². The first-order chi connectivity index (χ1) is 8.22. The molecule has 4 heteroatoms. The van der Waals surface area contributed by atoms with E-state index in [2.05, 4.69) is 11.4 Å². The van der Waals surface area contributed by atoms with E-state index in [1.54, 1.807) is 6.92 Å². The van der Waals surface area contributed by atoms with Crippen molar-refractivity contribution in [3.8, 4) is 0 Å². The molecule has 2 rings (SSSR count). The highest BCUT2D eigenvalue weighted by Gasteiger charge is 2.21. The summed E-state index contributed by atoms with van der Waals surface area (Å²) in [5.74, 6) is 0.118. The molecule has 0 unspecified atom stereocenters. The van der Waals surface area contributed by atoms with E-state index < -0.39 is 0 Å². The van der Waals surface area contributed by atoms with E-state index >= 15 is 0 Å². The molecule has 0 radical (unpaired) electrons. The van der Waals surface area contributed by atoms with Gasteiger partial charge in [-0.1, -0.05) is 0 Å². The molecule has 3 N–H and O–H groups in total. The Kier molecular flexibility index (Phi) is 3.64. The third-order valence-corrected chi connectivity index (χ3v) is 3.07. The highest BCUT2D eigenvalue weighted by Crippen LogP contribution is 2.30. The molecular weight excluding hydrogens is 214 g/mol. The van der Waals surface area contributed by atoms with Crippen molar-refractivity contribution in [2.24, 2.45) is 5.73 Å². The van der Waals surface area contributed by atoms with Crippen LogP contribution in [0.5, 0.6) is 0 Å². The first kappa shape index (κ1) is 11.9. The second kappa shape index (κ2) is 5.19. The normalized spacial score (nSPS) is 13.6. The lowest BCUT2D eigenvalue weighted by molar-refractivity contribution is -0.116. The molecule has 92 valence electrons. The first-order valence-corrected chi connectivity index (χ1v) is 6.07. The van der Waals surface area contributed by atoms with Gasteiger partial charge < -0.3 is 16.0 Å². The molecule has 17 heavy (non-hydrogen) atoms. The summed E-state index contributed by atoms with van der Waals surface area (Å²) >= 11 is 0. The van der Waals surface area contributed by atoms with E-state index in [1.807, 2.05) is 17.0 Å². The summed E-state index contributed by atoms with van der Waals surface area (Å²) in [5.41, 5.74) is 8.87. The molecule has 0 fully saturated rings. The number of carbonyl (C=O) groups is 1. The Hall–Kier alpha value is -1.55. The molecule has 4 nitrogen and oxygen atoms in total. The second-order valence-corrected chi connectivity index (χ2v) is 4.33. The van der Waals surface area contributed by atoms with Crippen LogP contribution in [0.3, 0.4) is 0 Å². The number of carbonyl (C=O) groups excluding carboxylic acids is 1. The summed E-state index contributed by atoms with van der Waals surface area (Å²) in [5, 5.41) is 3.34. The third kappa shape index (κ3) is 2.58. The third-order valence-electron chi connectivity index (χ3n) is 3.07. The molecular formula is C13H19N3O. The summed E-state index contributed by atoms with van der Waals surface area (Å²) in [6, 6.07) is 6.18. The highest BCUT2D eigenvalue weighted by atomic mass is 16.2. The number of fused-ring (bicyclic) bond motifs is 1. The Bertz CT molecular complexity index is 417. The number of hydrogen-bond donors (Lipinski definition) is 2. The van der Waals surface area contributed by atoms with Crippen LogP contribution in [0.1, 0.15) is 18.9 Å². The predicted molar refractivity (Wildman–Crippen MR) is 70.3 cm³/mol. The molecule has 0 saturated carbocycles. The van der Waals surface area contributed by atoms with Crippen LogP contribution in [0.25, 0.3) is 0 Å². The fourth-order valence-electron chi connectivity index (χ4n) is 2.17. The molecule has 0 aliphatic carbocycles. The zero-order chi connectivity index (χ0) is 12.3. The van der Waals surface area contributed by atoms with E-state index in [4.69, 9.17) is 5.73 Å². The number of hydrogen-bond acceptors (Lipinski definition) is 3. The predicted octanol–water partition coefficient (Wildman–Crippen LogP) is 1.36. The molecule has 0 atom stereocenters. The lowest BCUT2D eigenvalue weighted by atomic mass is 10.1. The van der Waals surface area contributed by atoms with Crippen LogP contribution < -0.4 is 16.0 Å². The van der Waals surface area contributed by atoms with E-state index in [0.29, 0.717) is 6.54 Å². The largest absolute Gasteiger partial charge is 0.385 e. The molecule has 0 aromatic heterocycles. The number of nitrogens with zero attached hydrogens (tertiary/aromatic N) is 1. The standard InChI is InChI=1S/C13H19N3O/c1-10(17)16-8-5-11-9-12(3-4-13(11)16)15-7-2-6-14/h3-4,9,15H,2,5-8,14H2,1H3. The summed E-state index contributed by atoms with van der Waals surface area (Å²) in [7, 11) is 0. The lowest BCUT2D eigenvalue weighted by Crippen LogP contribution is -2.25. The number of rotatable bonds is 4. The van der Waals surface area contributed by atoms with E-state index in [0.717, 1.165) is 37.3 Å². The topological polar surface area (TPSA) is 58.4 Å². The van der Waals surface area contributed by atoms with Crippen molar-refractivity contribution in [2.75, 3.05) is 29.9 Å². The van der Waals surface area contributed by atoms with Gasteiger partial charge in [-0.3, -0.25) is 4.79 Å². The van der Waals surface area contributed by atoms with Crippen LogP contribution in [0, 0.1) is 0 Å². The Morgan fingerprint density at radius 3 is 3.06 bits per heavy atom. The van der Waals surface area contributed by atoms with Gasteiger partial charge in [0.15, 0.2) is 0 Å². The smallest absolute Gasteiger partial charge is 0.223 e. The van der Waals surface area contributed by atoms with Crippen molar-refractivity contribution in [1.82, 2.24) is 0 Å². The maximum absolute atomic E-state index is 11.4. The molecule has 1 aromatic carbocycles. The van der Waals surface area contributed by atoms with Gasteiger partial charge in [0, 0.05) is 31.4 Å². The van der Waals surface area contributed by atoms with Gasteiger partial charge >= 0.3 is 0 Å². The highest BCUT2D eigenvalue weighted by molar-refractivity contribution is 5.94. The minimum Gasteiger partial charge on any atom is -0.385 e. The maximum atomic E-state index is 11.4. The minimum atomic E-state index is 0.118. The minimum absolute atomic E-state index is 0.118. The number of amides is 1. The molecule has 1 amide bonds.